The van der Waals surface area contributed by atoms with Crippen LogP contribution in [0.2, 0.25) is 0 Å². The van der Waals surface area contributed by atoms with Gasteiger partial charge in [-0.1, -0.05) is 12.1 Å². The second kappa shape index (κ2) is 8.42. The molecular weight excluding hydrogens is 343 g/mol. The monoisotopic (exact) mass is 360 g/mol. The Morgan fingerprint density at radius 2 is 1.92 bits per heavy atom. The zero-order valence-electron chi connectivity index (χ0n) is 12.5. The zero-order chi connectivity index (χ0) is 18.3. The van der Waals surface area contributed by atoms with E-state index in [1.54, 1.807) is 0 Å². The van der Waals surface area contributed by atoms with E-state index >= 15 is 0 Å². The molecule has 24 heavy (non-hydrogen) atoms. The Bertz CT molecular complexity index is 678. The molecule has 132 valence electrons. The van der Waals surface area contributed by atoms with Crippen molar-refractivity contribution in [3.63, 3.8) is 0 Å². The van der Waals surface area contributed by atoms with Crippen molar-refractivity contribution >= 4 is 30.7 Å². The van der Waals surface area contributed by atoms with Crippen molar-refractivity contribution in [2.24, 2.45) is 5.92 Å². The van der Waals surface area contributed by atoms with Gasteiger partial charge in [0, 0.05) is 18.6 Å². The average molecular weight is 360 g/mol. The number of aliphatic carboxylic acids is 2. The maximum Gasteiger partial charge on any atom is 0.307 e. The largest absolute Gasteiger partial charge is 0.481 e. The zero-order valence-corrected chi connectivity index (χ0v) is 13.4. The molecule has 2 atom stereocenters. The second-order valence-electron chi connectivity index (χ2n) is 5.11. The van der Waals surface area contributed by atoms with E-state index in [9.17, 15) is 29.2 Å². The van der Waals surface area contributed by atoms with Gasteiger partial charge in [-0.05, 0) is 12.5 Å². The quantitative estimate of drug-likeness (QED) is 0.276. The Morgan fingerprint density at radius 3 is 2.46 bits per heavy atom. The number of carbonyl (C=O) groups is 2. The summed E-state index contributed by atoms with van der Waals surface area (Å²) < 4.78 is 12.1. The summed E-state index contributed by atoms with van der Waals surface area (Å²) in [5.41, 5.74) is -0.243. The van der Waals surface area contributed by atoms with Crippen LogP contribution in [-0.4, -0.2) is 44.4 Å². The van der Waals surface area contributed by atoms with E-state index in [0.29, 0.717) is 0 Å². The van der Waals surface area contributed by atoms with Crippen molar-refractivity contribution in [3.8, 4) is 0 Å². The second-order valence-corrected chi connectivity index (χ2v) is 7.48. The van der Waals surface area contributed by atoms with Gasteiger partial charge in [0.1, 0.15) is 5.69 Å². The van der Waals surface area contributed by atoms with Crippen molar-refractivity contribution < 1.29 is 34.2 Å². The predicted octanol–water partition coefficient (Wildman–Crippen LogP) is 1.80. The van der Waals surface area contributed by atoms with Gasteiger partial charge in [0.2, 0.25) is 7.37 Å². The third kappa shape index (κ3) is 6.35. The summed E-state index contributed by atoms with van der Waals surface area (Å²) in [5, 5.41) is 30.9. The molecule has 0 aliphatic heterocycles. The van der Waals surface area contributed by atoms with Gasteiger partial charge in [-0.3, -0.25) is 24.3 Å². The number of anilines is 1. The maximum atomic E-state index is 12.1. The van der Waals surface area contributed by atoms with Crippen LogP contribution in [0.4, 0.5) is 11.4 Å². The minimum Gasteiger partial charge on any atom is -0.481 e. The number of benzene rings is 1. The van der Waals surface area contributed by atoms with Crippen molar-refractivity contribution in [3.05, 3.63) is 34.4 Å². The molecule has 0 saturated carbocycles. The highest BCUT2D eigenvalue weighted by Gasteiger charge is 2.29. The first-order valence-corrected chi connectivity index (χ1v) is 8.88. The summed E-state index contributed by atoms with van der Waals surface area (Å²) in [6.07, 6.45) is -1.90. The molecule has 2 unspecified atom stereocenters. The Kier molecular flexibility index (Phi) is 6.87. The molecule has 0 aliphatic rings. The van der Waals surface area contributed by atoms with Gasteiger partial charge >= 0.3 is 11.9 Å². The Hall–Kier alpha value is -2.45. The standard InChI is InChI=1S/C13H17N2O8P/c16-12(17)6-5-9(13(18)19)7-24(22,23)8-14-10-3-1-2-4-11(10)15(20)21/h1-4,9,14H,5-8H2,(H,16,17)(H,18,19)(H,22,23). The first-order chi connectivity index (χ1) is 11.1. The van der Waals surface area contributed by atoms with Gasteiger partial charge in [-0.2, -0.15) is 0 Å². The molecule has 0 aromatic heterocycles. The summed E-state index contributed by atoms with van der Waals surface area (Å²) in [5.74, 6) is -3.85. The number of para-hydroxylation sites is 2. The molecular formula is C13H17N2O8P. The first kappa shape index (κ1) is 19.6. The molecule has 1 rings (SSSR count). The molecule has 10 nitrogen and oxygen atoms in total. The van der Waals surface area contributed by atoms with E-state index in [4.69, 9.17) is 10.2 Å². The van der Waals surface area contributed by atoms with Crippen molar-refractivity contribution in [2.45, 2.75) is 12.8 Å². The fourth-order valence-electron chi connectivity index (χ4n) is 1.99. The Balaban J connectivity index is 2.75. The highest BCUT2D eigenvalue weighted by Crippen LogP contribution is 2.43. The van der Waals surface area contributed by atoms with E-state index in [1.165, 1.54) is 24.3 Å². The van der Waals surface area contributed by atoms with Gasteiger partial charge in [-0.15, -0.1) is 0 Å². The lowest BCUT2D eigenvalue weighted by atomic mass is 10.1. The SMILES string of the molecule is O=C(O)CCC(CP(=O)(O)CNc1ccccc1[N+](=O)[O-])C(=O)O. The van der Waals surface area contributed by atoms with E-state index in [0.717, 1.165) is 0 Å². The number of hydrogen-bond acceptors (Lipinski definition) is 6. The molecule has 0 bridgehead atoms. The minimum atomic E-state index is -3.99. The molecule has 1 aromatic carbocycles. The molecule has 0 heterocycles. The summed E-state index contributed by atoms with van der Waals surface area (Å²) in [7, 11) is -3.99. The highest BCUT2D eigenvalue weighted by atomic mass is 31.2. The molecule has 4 N–H and O–H groups in total. The van der Waals surface area contributed by atoms with Crippen molar-refractivity contribution in [2.75, 3.05) is 17.8 Å². The maximum absolute atomic E-state index is 12.1. The highest BCUT2D eigenvalue weighted by molar-refractivity contribution is 7.58. The molecule has 0 radical (unpaired) electrons. The lowest BCUT2D eigenvalue weighted by Gasteiger charge is -2.17. The summed E-state index contributed by atoms with van der Waals surface area (Å²) in [6.45, 7) is 0. The lowest BCUT2D eigenvalue weighted by Crippen LogP contribution is -2.21. The average Bonchev–Trinajstić information content (AvgIpc) is 2.49. The molecule has 0 fully saturated rings. The number of nitrogens with one attached hydrogen (secondary N) is 1. The van der Waals surface area contributed by atoms with E-state index < -0.39 is 49.0 Å². The normalized spacial score (nSPS) is 14.4. The molecule has 0 amide bonds. The van der Waals surface area contributed by atoms with Gasteiger partial charge in [-0.25, -0.2) is 0 Å². The third-order valence-electron chi connectivity index (χ3n) is 3.18. The summed E-state index contributed by atoms with van der Waals surface area (Å²) >= 11 is 0. The van der Waals surface area contributed by atoms with Gasteiger partial charge in [0.25, 0.3) is 5.69 Å². The number of carboxylic acids is 2. The van der Waals surface area contributed by atoms with Crippen LogP contribution in [0.25, 0.3) is 0 Å². The topological polar surface area (TPSA) is 167 Å². The molecule has 1 aromatic rings. The van der Waals surface area contributed by atoms with Crippen molar-refractivity contribution in [1.29, 1.82) is 0 Å². The van der Waals surface area contributed by atoms with Crippen LogP contribution in [-0.2, 0) is 14.2 Å². The molecule has 0 aliphatic carbocycles. The van der Waals surface area contributed by atoms with Gasteiger partial charge < -0.3 is 20.4 Å². The third-order valence-corrected chi connectivity index (χ3v) is 4.84. The molecule has 0 saturated heterocycles. The van der Waals surface area contributed by atoms with Crippen LogP contribution in [0.15, 0.2) is 24.3 Å². The summed E-state index contributed by atoms with van der Waals surface area (Å²) in [4.78, 5) is 41.7. The first-order valence-electron chi connectivity index (χ1n) is 6.85. The Labute approximate surface area is 136 Å². The summed E-state index contributed by atoms with van der Waals surface area (Å²) in [6, 6.07) is 5.52. The minimum absolute atomic E-state index is 0.0363. The van der Waals surface area contributed by atoms with Crippen LogP contribution in [0, 0.1) is 16.0 Å². The Morgan fingerprint density at radius 1 is 1.29 bits per heavy atom. The van der Waals surface area contributed by atoms with Crippen LogP contribution in [0.3, 0.4) is 0 Å². The van der Waals surface area contributed by atoms with E-state index in [-0.39, 0.29) is 17.8 Å². The van der Waals surface area contributed by atoms with Gasteiger partial charge in [0.15, 0.2) is 0 Å². The predicted molar refractivity (Wildman–Crippen MR) is 84.3 cm³/mol. The fourth-order valence-corrected chi connectivity index (χ4v) is 3.56. The lowest BCUT2D eigenvalue weighted by molar-refractivity contribution is -0.383. The van der Waals surface area contributed by atoms with Crippen LogP contribution in [0.5, 0.6) is 0 Å². The molecule has 11 heteroatoms. The van der Waals surface area contributed by atoms with Crippen LogP contribution < -0.4 is 5.32 Å². The number of hydrogen-bond donors (Lipinski definition) is 4. The number of nitro benzene ring substituents is 1. The fraction of sp³-hybridized carbons (Fsp3) is 0.385. The van der Waals surface area contributed by atoms with Crippen LogP contribution in [0.1, 0.15) is 12.8 Å². The number of carboxylic acid groups (broad SMARTS) is 2. The number of rotatable bonds is 10. The smallest absolute Gasteiger partial charge is 0.307 e. The van der Waals surface area contributed by atoms with Crippen molar-refractivity contribution in [1.82, 2.24) is 0 Å². The van der Waals surface area contributed by atoms with Crippen LogP contribution >= 0.6 is 7.37 Å². The van der Waals surface area contributed by atoms with E-state index in [2.05, 4.69) is 5.32 Å². The van der Waals surface area contributed by atoms with E-state index in [1.807, 2.05) is 0 Å². The van der Waals surface area contributed by atoms with Gasteiger partial charge in [0.05, 0.1) is 17.1 Å². The molecule has 0 spiro atoms. The number of nitro groups is 1. The number of nitrogens with zero attached hydrogens (tertiary/aromatic N) is 1.